The fraction of sp³-hybridized carbons (Fsp3) is 0.875. The summed E-state index contributed by atoms with van der Waals surface area (Å²) < 4.78 is 4.95. The number of primary amides is 1. The van der Waals surface area contributed by atoms with Gasteiger partial charge in [0.05, 0.1) is 6.42 Å². The summed E-state index contributed by atoms with van der Waals surface area (Å²) >= 11 is 0. The van der Waals surface area contributed by atoms with Crippen LogP contribution in [0, 0.1) is 0 Å². The Hall–Kier alpha value is -0.690. The second kappa shape index (κ2) is 5.92. The van der Waals surface area contributed by atoms with Gasteiger partial charge < -0.3 is 20.7 Å². The van der Waals surface area contributed by atoms with Crippen LogP contribution >= 0.6 is 0 Å². The first-order chi connectivity index (χ1) is 6.40. The maximum atomic E-state index is 10.7. The van der Waals surface area contributed by atoms with Gasteiger partial charge in [-0.3, -0.25) is 4.79 Å². The van der Waals surface area contributed by atoms with E-state index in [4.69, 9.17) is 10.5 Å². The number of rotatable bonds is 6. The largest absolute Gasteiger partial charge is 0.379 e. The van der Waals surface area contributed by atoms with E-state index in [0.29, 0.717) is 0 Å². The summed E-state index contributed by atoms with van der Waals surface area (Å²) in [5.74, 6) is -0.553. The van der Waals surface area contributed by atoms with E-state index in [1.54, 1.807) is 0 Å². The lowest BCUT2D eigenvalue weighted by molar-refractivity contribution is -0.180. The highest BCUT2D eigenvalue weighted by Crippen LogP contribution is 2.11. The predicted molar refractivity (Wildman–Crippen MR) is 49.8 cm³/mol. The van der Waals surface area contributed by atoms with Crippen molar-refractivity contribution in [3.05, 3.63) is 0 Å². The fourth-order valence-electron chi connectivity index (χ4n) is 1.28. The Morgan fingerprint density at radius 3 is 2.07 bits per heavy atom. The summed E-state index contributed by atoms with van der Waals surface area (Å²) in [5, 5.41) is 18.7. The molecule has 0 aromatic heterocycles. The van der Waals surface area contributed by atoms with Crippen LogP contribution in [0.25, 0.3) is 0 Å². The molecule has 0 spiro atoms. The third kappa shape index (κ3) is 4.01. The minimum atomic E-state index is -0.917. The number of nitrogens with two attached hydrogens (primary N) is 1. The van der Waals surface area contributed by atoms with E-state index in [1.807, 2.05) is 0 Å². The minimum Gasteiger partial charge on any atom is -0.379 e. The molecule has 0 heterocycles. The van der Waals surface area contributed by atoms with Gasteiger partial charge >= 0.3 is 0 Å². The SMILES string of the molecule is COC(CC(N)=O)N(C(C)O)C(C)O. The molecule has 0 rings (SSSR count). The third-order valence-electron chi connectivity index (χ3n) is 1.84. The minimum absolute atomic E-state index is 0.0771. The Morgan fingerprint density at radius 2 is 1.86 bits per heavy atom. The summed E-state index contributed by atoms with van der Waals surface area (Å²) in [6.07, 6.45) is -2.63. The van der Waals surface area contributed by atoms with Crippen LogP contribution in [0.1, 0.15) is 20.3 Å². The molecule has 0 aliphatic heterocycles. The Morgan fingerprint density at radius 1 is 1.43 bits per heavy atom. The number of hydrogen-bond donors (Lipinski definition) is 3. The van der Waals surface area contributed by atoms with Crippen molar-refractivity contribution in [2.45, 2.75) is 39.0 Å². The zero-order valence-electron chi connectivity index (χ0n) is 8.67. The topological polar surface area (TPSA) is 96.0 Å². The van der Waals surface area contributed by atoms with Crippen LogP contribution in [-0.4, -0.2) is 46.8 Å². The smallest absolute Gasteiger partial charge is 0.221 e. The lowest BCUT2D eigenvalue weighted by Gasteiger charge is -2.34. The predicted octanol–water partition coefficient (Wildman–Crippen LogP) is -1.19. The summed E-state index contributed by atoms with van der Waals surface area (Å²) in [4.78, 5) is 11.9. The van der Waals surface area contributed by atoms with E-state index >= 15 is 0 Å². The van der Waals surface area contributed by atoms with Crippen LogP contribution in [0.4, 0.5) is 0 Å². The number of ether oxygens (including phenoxy) is 1. The van der Waals surface area contributed by atoms with Crippen LogP contribution in [0.3, 0.4) is 0 Å². The van der Waals surface area contributed by atoms with Gasteiger partial charge in [0.2, 0.25) is 5.91 Å². The van der Waals surface area contributed by atoms with Gasteiger partial charge in [0, 0.05) is 7.11 Å². The quantitative estimate of drug-likeness (QED) is 0.475. The molecule has 84 valence electrons. The van der Waals surface area contributed by atoms with E-state index in [-0.39, 0.29) is 6.42 Å². The van der Waals surface area contributed by atoms with E-state index in [1.165, 1.54) is 25.9 Å². The zero-order chi connectivity index (χ0) is 11.3. The van der Waals surface area contributed by atoms with Crippen molar-refractivity contribution in [3.63, 3.8) is 0 Å². The first-order valence-electron chi connectivity index (χ1n) is 4.34. The molecule has 4 N–H and O–H groups in total. The van der Waals surface area contributed by atoms with Crippen LogP contribution in [0.5, 0.6) is 0 Å². The van der Waals surface area contributed by atoms with Crippen molar-refractivity contribution >= 4 is 5.91 Å². The number of carbonyl (C=O) groups is 1. The number of methoxy groups -OCH3 is 1. The lowest BCUT2D eigenvalue weighted by Crippen LogP contribution is -2.49. The maximum Gasteiger partial charge on any atom is 0.221 e. The average molecular weight is 206 g/mol. The molecule has 6 heteroatoms. The molecular weight excluding hydrogens is 188 g/mol. The molecule has 1 amide bonds. The summed E-state index contributed by atoms with van der Waals surface area (Å²) in [7, 11) is 1.38. The standard InChI is InChI=1S/C8H18N2O4/c1-5(11)10(6(2)12)8(14-3)4-7(9)13/h5-6,8,11-12H,4H2,1-3H3,(H2,9,13). The molecule has 0 fully saturated rings. The monoisotopic (exact) mass is 206 g/mol. The van der Waals surface area contributed by atoms with Gasteiger partial charge in [-0.25, -0.2) is 4.90 Å². The summed E-state index contributed by atoms with van der Waals surface area (Å²) in [5.41, 5.74) is 5.00. The first kappa shape index (κ1) is 13.3. The highest BCUT2D eigenvalue weighted by molar-refractivity contribution is 5.74. The molecule has 3 unspecified atom stereocenters. The van der Waals surface area contributed by atoms with E-state index in [9.17, 15) is 15.0 Å². The molecule has 0 aromatic carbocycles. The molecule has 0 aromatic rings. The molecular formula is C8H18N2O4. The van der Waals surface area contributed by atoms with E-state index < -0.39 is 24.6 Å². The number of aliphatic hydroxyl groups excluding tert-OH is 2. The Balaban J connectivity index is 4.50. The molecule has 0 bridgehead atoms. The van der Waals surface area contributed by atoms with Crippen molar-refractivity contribution in [3.8, 4) is 0 Å². The van der Waals surface area contributed by atoms with Crippen molar-refractivity contribution in [1.82, 2.24) is 4.90 Å². The normalized spacial score (nSPS) is 17.9. The molecule has 0 radical (unpaired) electrons. The Kier molecular flexibility index (Phi) is 5.63. The van der Waals surface area contributed by atoms with Crippen LogP contribution < -0.4 is 5.73 Å². The van der Waals surface area contributed by atoms with Gasteiger partial charge in [-0.2, -0.15) is 0 Å². The van der Waals surface area contributed by atoms with Gasteiger partial charge in [-0.1, -0.05) is 0 Å². The van der Waals surface area contributed by atoms with Crippen LogP contribution in [0.2, 0.25) is 0 Å². The lowest BCUT2D eigenvalue weighted by atomic mass is 10.3. The molecule has 3 atom stereocenters. The highest BCUT2D eigenvalue weighted by Gasteiger charge is 2.27. The first-order valence-corrected chi connectivity index (χ1v) is 4.34. The Labute approximate surface area is 83.3 Å². The van der Waals surface area contributed by atoms with Gasteiger partial charge in [-0.15, -0.1) is 0 Å². The van der Waals surface area contributed by atoms with Crippen molar-refractivity contribution in [1.29, 1.82) is 0 Å². The average Bonchev–Trinajstić information content (AvgIpc) is 2.00. The second-order valence-electron chi connectivity index (χ2n) is 3.07. The summed E-state index contributed by atoms with van der Waals surface area (Å²) in [6.45, 7) is 2.94. The highest BCUT2D eigenvalue weighted by atomic mass is 16.5. The molecule has 0 aliphatic rings. The third-order valence-corrected chi connectivity index (χ3v) is 1.84. The van der Waals surface area contributed by atoms with E-state index in [0.717, 1.165) is 0 Å². The molecule has 14 heavy (non-hydrogen) atoms. The summed E-state index contributed by atoms with van der Waals surface area (Å²) in [6, 6.07) is 0. The number of nitrogens with zero attached hydrogens (tertiary/aromatic N) is 1. The van der Waals surface area contributed by atoms with Gasteiger partial charge in [0.15, 0.2) is 0 Å². The van der Waals surface area contributed by atoms with Crippen molar-refractivity contribution in [2.24, 2.45) is 5.73 Å². The maximum absolute atomic E-state index is 10.7. The van der Waals surface area contributed by atoms with Gasteiger partial charge in [0.25, 0.3) is 0 Å². The van der Waals surface area contributed by atoms with Crippen LogP contribution in [-0.2, 0) is 9.53 Å². The number of carbonyl (C=O) groups excluding carboxylic acids is 1. The zero-order valence-corrected chi connectivity index (χ0v) is 8.67. The van der Waals surface area contributed by atoms with Crippen molar-refractivity contribution in [2.75, 3.05) is 7.11 Å². The number of hydrogen-bond acceptors (Lipinski definition) is 5. The van der Waals surface area contributed by atoms with Crippen molar-refractivity contribution < 1.29 is 19.7 Å². The van der Waals surface area contributed by atoms with Crippen LogP contribution in [0.15, 0.2) is 0 Å². The number of aliphatic hydroxyl groups is 2. The van der Waals surface area contributed by atoms with Gasteiger partial charge in [-0.05, 0) is 13.8 Å². The molecule has 6 nitrogen and oxygen atoms in total. The Bertz CT molecular complexity index is 176. The van der Waals surface area contributed by atoms with Gasteiger partial charge in [0.1, 0.15) is 18.7 Å². The van der Waals surface area contributed by atoms with E-state index in [2.05, 4.69) is 0 Å². The number of amides is 1. The fourth-order valence-corrected chi connectivity index (χ4v) is 1.28. The molecule has 0 aliphatic carbocycles. The molecule has 0 saturated carbocycles. The second-order valence-corrected chi connectivity index (χ2v) is 3.07. The molecule has 0 saturated heterocycles.